The van der Waals surface area contributed by atoms with Gasteiger partial charge in [0, 0.05) is 31.1 Å². The highest BCUT2D eigenvalue weighted by molar-refractivity contribution is 5.38. The lowest BCUT2D eigenvalue weighted by Crippen LogP contribution is -2.21. The summed E-state index contributed by atoms with van der Waals surface area (Å²) in [7, 11) is 3.32. The highest BCUT2D eigenvalue weighted by atomic mass is 16.5. The molecule has 1 atom stereocenters. The van der Waals surface area contributed by atoms with Crippen molar-refractivity contribution in [1.82, 2.24) is 14.9 Å². The molecule has 2 heterocycles. The zero-order chi connectivity index (χ0) is 17.1. The Morgan fingerprint density at radius 1 is 1.21 bits per heavy atom. The van der Waals surface area contributed by atoms with Crippen molar-refractivity contribution in [3.63, 3.8) is 0 Å². The van der Waals surface area contributed by atoms with Crippen LogP contribution in [-0.2, 0) is 6.54 Å². The average Bonchev–Trinajstić information content (AvgIpc) is 3.02. The Kier molecular flexibility index (Phi) is 4.85. The quantitative estimate of drug-likeness (QED) is 0.910. The number of hydrogen-bond donors (Lipinski definition) is 1. The van der Waals surface area contributed by atoms with E-state index in [1.165, 1.54) is 0 Å². The van der Waals surface area contributed by atoms with E-state index in [0.29, 0.717) is 11.7 Å². The number of benzene rings is 1. The number of aromatic amines is 1. The zero-order valence-electron chi connectivity index (χ0n) is 14.3. The molecule has 0 spiro atoms. The highest BCUT2D eigenvalue weighted by Crippen LogP contribution is 2.28. The van der Waals surface area contributed by atoms with E-state index in [-0.39, 0.29) is 5.56 Å². The second-order valence-electron chi connectivity index (χ2n) is 6.20. The summed E-state index contributed by atoms with van der Waals surface area (Å²) >= 11 is 0. The van der Waals surface area contributed by atoms with Crippen LogP contribution in [0, 0.1) is 6.92 Å². The van der Waals surface area contributed by atoms with E-state index in [1.807, 2.05) is 25.1 Å². The van der Waals surface area contributed by atoms with Crippen molar-refractivity contribution in [1.29, 1.82) is 0 Å². The first-order chi connectivity index (χ1) is 11.6. The summed E-state index contributed by atoms with van der Waals surface area (Å²) in [6.45, 7) is 4.53. The van der Waals surface area contributed by atoms with Gasteiger partial charge in [-0.15, -0.1) is 0 Å². The van der Waals surface area contributed by atoms with Crippen LogP contribution in [0.5, 0.6) is 11.5 Å². The molecule has 0 radical (unpaired) electrons. The van der Waals surface area contributed by atoms with Crippen LogP contribution in [0.25, 0.3) is 0 Å². The summed E-state index contributed by atoms with van der Waals surface area (Å²) in [4.78, 5) is 21.2. The lowest BCUT2D eigenvalue weighted by Gasteiger charge is -2.17. The third-order valence-electron chi connectivity index (χ3n) is 4.39. The van der Waals surface area contributed by atoms with E-state index in [1.54, 1.807) is 20.3 Å². The van der Waals surface area contributed by atoms with Crippen LogP contribution in [0.15, 0.2) is 29.1 Å². The number of rotatable bonds is 5. The first-order valence-electron chi connectivity index (χ1n) is 8.09. The standard InChI is InChI=1S/C18H23N3O3/c1-12-19-17(9-18(22)20-12)14-4-5-21(11-14)10-13-6-15(23-2)8-16(7-13)24-3/h6-9,14H,4-5,10-11H2,1-3H3,(H,19,20,22)/t14-/m0/s1. The largest absolute Gasteiger partial charge is 0.497 e. The predicted molar refractivity (Wildman–Crippen MR) is 91.8 cm³/mol. The Labute approximate surface area is 141 Å². The molecule has 1 aliphatic heterocycles. The molecule has 24 heavy (non-hydrogen) atoms. The molecule has 0 bridgehead atoms. The Bertz CT molecular complexity index is 750. The maximum Gasteiger partial charge on any atom is 0.251 e. The van der Waals surface area contributed by atoms with Gasteiger partial charge in [-0.2, -0.15) is 0 Å². The van der Waals surface area contributed by atoms with Gasteiger partial charge >= 0.3 is 0 Å². The average molecular weight is 329 g/mol. The first kappa shape index (κ1) is 16.5. The number of aromatic nitrogens is 2. The van der Waals surface area contributed by atoms with Crippen molar-refractivity contribution in [2.24, 2.45) is 0 Å². The fourth-order valence-corrected chi connectivity index (χ4v) is 3.25. The SMILES string of the molecule is COc1cc(CN2CC[C@H](c3cc(=O)[nH]c(C)n3)C2)cc(OC)c1. The van der Waals surface area contributed by atoms with Crippen LogP contribution in [0.2, 0.25) is 0 Å². The number of methoxy groups -OCH3 is 2. The maximum atomic E-state index is 11.6. The molecule has 1 aliphatic rings. The molecule has 1 fully saturated rings. The lowest BCUT2D eigenvalue weighted by atomic mass is 10.0. The summed E-state index contributed by atoms with van der Waals surface area (Å²) in [5.74, 6) is 2.57. The van der Waals surface area contributed by atoms with E-state index in [2.05, 4.69) is 14.9 Å². The van der Waals surface area contributed by atoms with Crippen molar-refractivity contribution >= 4 is 0 Å². The van der Waals surface area contributed by atoms with Gasteiger partial charge in [0.1, 0.15) is 17.3 Å². The van der Waals surface area contributed by atoms with Gasteiger partial charge in [-0.1, -0.05) is 0 Å². The van der Waals surface area contributed by atoms with Crippen molar-refractivity contribution in [3.05, 3.63) is 51.7 Å². The molecule has 1 N–H and O–H groups in total. The highest BCUT2D eigenvalue weighted by Gasteiger charge is 2.25. The van der Waals surface area contributed by atoms with Gasteiger partial charge in [0.15, 0.2) is 0 Å². The van der Waals surface area contributed by atoms with Crippen LogP contribution in [0.4, 0.5) is 0 Å². The number of H-pyrrole nitrogens is 1. The van der Waals surface area contributed by atoms with Gasteiger partial charge in [-0.25, -0.2) is 4.98 Å². The van der Waals surface area contributed by atoms with Crippen molar-refractivity contribution in [3.8, 4) is 11.5 Å². The number of nitrogens with zero attached hydrogens (tertiary/aromatic N) is 2. The van der Waals surface area contributed by atoms with Crippen LogP contribution in [-0.4, -0.2) is 42.2 Å². The van der Waals surface area contributed by atoms with Crippen LogP contribution in [0.1, 0.15) is 29.4 Å². The normalized spacial score (nSPS) is 17.9. The Hall–Kier alpha value is -2.34. The van der Waals surface area contributed by atoms with Crippen molar-refractivity contribution < 1.29 is 9.47 Å². The molecule has 0 unspecified atom stereocenters. The molecule has 6 nitrogen and oxygen atoms in total. The minimum Gasteiger partial charge on any atom is -0.497 e. The molecule has 1 aromatic carbocycles. The second-order valence-corrected chi connectivity index (χ2v) is 6.20. The monoisotopic (exact) mass is 329 g/mol. The summed E-state index contributed by atoms with van der Waals surface area (Å²) < 4.78 is 10.7. The predicted octanol–water partition coefficient (Wildman–Crippen LogP) is 2.09. The maximum absolute atomic E-state index is 11.6. The first-order valence-corrected chi connectivity index (χ1v) is 8.09. The van der Waals surface area contributed by atoms with E-state index in [4.69, 9.17) is 9.47 Å². The molecular weight excluding hydrogens is 306 g/mol. The van der Waals surface area contributed by atoms with Gasteiger partial charge in [0.2, 0.25) is 0 Å². The Morgan fingerprint density at radius 3 is 2.54 bits per heavy atom. The summed E-state index contributed by atoms with van der Waals surface area (Å²) in [5.41, 5.74) is 1.97. The molecule has 3 rings (SSSR count). The van der Waals surface area contributed by atoms with Crippen molar-refractivity contribution in [2.75, 3.05) is 27.3 Å². The summed E-state index contributed by atoms with van der Waals surface area (Å²) in [6.07, 6.45) is 1.01. The number of ether oxygens (including phenoxy) is 2. The number of nitrogens with one attached hydrogen (secondary N) is 1. The molecule has 6 heteroatoms. The zero-order valence-corrected chi connectivity index (χ0v) is 14.3. The smallest absolute Gasteiger partial charge is 0.251 e. The fourth-order valence-electron chi connectivity index (χ4n) is 3.25. The van der Waals surface area contributed by atoms with E-state index in [9.17, 15) is 4.79 Å². The number of aryl methyl sites for hydroxylation is 1. The van der Waals surface area contributed by atoms with Crippen molar-refractivity contribution in [2.45, 2.75) is 25.8 Å². The molecule has 2 aromatic rings. The summed E-state index contributed by atoms with van der Waals surface area (Å²) in [6, 6.07) is 7.56. The Balaban J connectivity index is 1.71. The van der Waals surface area contributed by atoms with Crippen LogP contribution < -0.4 is 15.0 Å². The third-order valence-corrected chi connectivity index (χ3v) is 4.39. The topological polar surface area (TPSA) is 67.5 Å². The molecule has 1 aromatic heterocycles. The van der Waals surface area contributed by atoms with Gasteiger partial charge < -0.3 is 14.5 Å². The van der Waals surface area contributed by atoms with Gasteiger partial charge in [0.25, 0.3) is 5.56 Å². The van der Waals surface area contributed by atoms with Gasteiger partial charge in [-0.05, 0) is 37.6 Å². The van der Waals surface area contributed by atoms with Crippen LogP contribution >= 0.6 is 0 Å². The van der Waals surface area contributed by atoms with Gasteiger partial charge in [-0.3, -0.25) is 9.69 Å². The molecule has 1 saturated heterocycles. The molecule has 128 valence electrons. The minimum absolute atomic E-state index is 0.0755. The lowest BCUT2D eigenvalue weighted by molar-refractivity contribution is 0.323. The van der Waals surface area contributed by atoms with E-state index >= 15 is 0 Å². The van der Waals surface area contributed by atoms with E-state index in [0.717, 1.165) is 48.8 Å². The minimum atomic E-state index is -0.0755. The molecule has 0 saturated carbocycles. The van der Waals surface area contributed by atoms with E-state index < -0.39 is 0 Å². The Morgan fingerprint density at radius 2 is 1.92 bits per heavy atom. The molecule has 0 aliphatic carbocycles. The third kappa shape index (κ3) is 3.76. The summed E-state index contributed by atoms with van der Waals surface area (Å²) in [5, 5.41) is 0. The van der Waals surface area contributed by atoms with Crippen LogP contribution in [0.3, 0.4) is 0 Å². The fraction of sp³-hybridized carbons (Fsp3) is 0.444. The number of likely N-dealkylation sites (tertiary alicyclic amines) is 1. The molecular formula is C18H23N3O3. The van der Waals surface area contributed by atoms with Gasteiger partial charge in [0.05, 0.1) is 19.9 Å². The molecule has 0 amide bonds. The second kappa shape index (κ2) is 7.05. The number of hydrogen-bond acceptors (Lipinski definition) is 5.